The summed E-state index contributed by atoms with van der Waals surface area (Å²) in [5, 5.41) is 0. The maximum atomic E-state index is 13.1. The van der Waals surface area contributed by atoms with Crippen molar-refractivity contribution >= 4 is 0 Å². The minimum absolute atomic E-state index is 0.486. The lowest BCUT2D eigenvalue weighted by Crippen LogP contribution is -2.27. The first-order valence-electron chi connectivity index (χ1n) is 6.91. The molecule has 2 saturated carbocycles. The molecule has 1 heteroatoms. The maximum Gasteiger partial charge on any atom is 0.100 e. The van der Waals surface area contributed by atoms with Gasteiger partial charge in [-0.2, -0.15) is 0 Å². The van der Waals surface area contributed by atoms with E-state index in [4.69, 9.17) is 0 Å². The molecular formula is C14H25F. The van der Waals surface area contributed by atoms with Crippen LogP contribution in [-0.2, 0) is 0 Å². The minimum atomic E-state index is -0.486. The molecule has 0 aliphatic heterocycles. The fourth-order valence-electron chi connectivity index (χ4n) is 3.65. The monoisotopic (exact) mass is 212 g/mol. The second-order valence-corrected chi connectivity index (χ2v) is 5.77. The van der Waals surface area contributed by atoms with Crippen LogP contribution in [0.15, 0.2) is 0 Å². The van der Waals surface area contributed by atoms with Crippen molar-refractivity contribution in [3.05, 3.63) is 0 Å². The highest BCUT2D eigenvalue weighted by molar-refractivity contribution is 4.81. The van der Waals surface area contributed by atoms with Gasteiger partial charge in [0.1, 0.15) is 6.17 Å². The highest BCUT2D eigenvalue weighted by atomic mass is 19.1. The van der Waals surface area contributed by atoms with Crippen LogP contribution in [0.3, 0.4) is 0 Å². The fraction of sp³-hybridized carbons (Fsp3) is 1.00. The van der Waals surface area contributed by atoms with Crippen molar-refractivity contribution in [2.24, 2.45) is 17.8 Å². The molecule has 0 radical (unpaired) electrons. The number of hydrogen-bond donors (Lipinski definition) is 0. The lowest BCUT2D eigenvalue weighted by atomic mass is 9.70. The van der Waals surface area contributed by atoms with Gasteiger partial charge < -0.3 is 0 Å². The summed E-state index contributed by atoms with van der Waals surface area (Å²) in [6.07, 6.45) is 10.7. The van der Waals surface area contributed by atoms with Gasteiger partial charge in [-0.15, -0.1) is 0 Å². The molecule has 2 aliphatic rings. The van der Waals surface area contributed by atoms with Gasteiger partial charge in [-0.05, 0) is 43.4 Å². The van der Waals surface area contributed by atoms with Crippen LogP contribution < -0.4 is 0 Å². The molecule has 2 aliphatic carbocycles. The Labute approximate surface area is 93.6 Å². The van der Waals surface area contributed by atoms with E-state index in [0.717, 1.165) is 43.4 Å². The maximum absolute atomic E-state index is 13.1. The van der Waals surface area contributed by atoms with E-state index < -0.39 is 6.17 Å². The van der Waals surface area contributed by atoms with Crippen molar-refractivity contribution in [3.8, 4) is 0 Å². The summed E-state index contributed by atoms with van der Waals surface area (Å²) in [5.74, 6) is 2.65. The van der Waals surface area contributed by atoms with Crippen LogP contribution in [0.25, 0.3) is 0 Å². The summed E-state index contributed by atoms with van der Waals surface area (Å²) in [4.78, 5) is 0. The second-order valence-electron chi connectivity index (χ2n) is 5.77. The Morgan fingerprint density at radius 2 is 1.33 bits per heavy atom. The zero-order chi connectivity index (χ0) is 10.7. The zero-order valence-corrected chi connectivity index (χ0v) is 10.1. The van der Waals surface area contributed by atoms with Gasteiger partial charge in [0.2, 0.25) is 0 Å². The molecule has 0 nitrogen and oxygen atoms in total. The Hall–Kier alpha value is -0.0700. The van der Waals surface area contributed by atoms with Crippen LogP contribution in [0.4, 0.5) is 4.39 Å². The molecule has 15 heavy (non-hydrogen) atoms. The quantitative estimate of drug-likeness (QED) is 0.620. The SMILES string of the molecule is CC(C1CCCCC1)C1CCC(F)CC1. The van der Waals surface area contributed by atoms with Gasteiger partial charge in [-0.25, -0.2) is 4.39 Å². The van der Waals surface area contributed by atoms with E-state index in [1.54, 1.807) is 0 Å². The first-order chi connectivity index (χ1) is 7.27. The Morgan fingerprint density at radius 1 is 0.800 bits per heavy atom. The summed E-state index contributed by atoms with van der Waals surface area (Å²) in [7, 11) is 0. The summed E-state index contributed by atoms with van der Waals surface area (Å²) in [6.45, 7) is 2.43. The average molecular weight is 212 g/mol. The molecule has 2 fully saturated rings. The van der Waals surface area contributed by atoms with Crippen LogP contribution in [-0.4, -0.2) is 6.17 Å². The predicted molar refractivity (Wildman–Crippen MR) is 62.6 cm³/mol. The van der Waals surface area contributed by atoms with Crippen LogP contribution in [0.5, 0.6) is 0 Å². The van der Waals surface area contributed by atoms with Crippen molar-refractivity contribution in [2.45, 2.75) is 70.9 Å². The van der Waals surface area contributed by atoms with Crippen molar-refractivity contribution in [1.29, 1.82) is 0 Å². The Morgan fingerprint density at radius 3 is 1.93 bits per heavy atom. The Balaban J connectivity index is 1.81. The van der Waals surface area contributed by atoms with E-state index in [1.807, 2.05) is 0 Å². The molecule has 0 bridgehead atoms. The van der Waals surface area contributed by atoms with E-state index in [0.29, 0.717) is 0 Å². The van der Waals surface area contributed by atoms with Crippen LogP contribution in [0.2, 0.25) is 0 Å². The van der Waals surface area contributed by atoms with Gasteiger partial charge >= 0.3 is 0 Å². The first kappa shape index (κ1) is 11.4. The normalized spacial score (nSPS) is 36.4. The van der Waals surface area contributed by atoms with Crippen LogP contribution in [0.1, 0.15) is 64.7 Å². The van der Waals surface area contributed by atoms with Crippen molar-refractivity contribution in [1.82, 2.24) is 0 Å². The molecule has 0 spiro atoms. The van der Waals surface area contributed by atoms with Crippen LogP contribution >= 0.6 is 0 Å². The van der Waals surface area contributed by atoms with Crippen molar-refractivity contribution in [2.75, 3.05) is 0 Å². The largest absolute Gasteiger partial charge is 0.247 e. The second kappa shape index (κ2) is 5.32. The lowest BCUT2D eigenvalue weighted by molar-refractivity contribution is 0.123. The third-order valence-electron chi connectivity index (χ3n) is 4.84. The van der Waals surface area contributed by atoms with E-state index in [2.05, 4.69) is 6.92 Å². The smallest absolute Gasteiger partial charge is 0.100 e. The highest BCUT2D eigenvalue weighted by Crippen LogP contribution is 2.39. The molecule has 0 aromatic heterocycles. The molecule has 1 atom stereocenters. The molecule has 0 N–H and O–H groups in total. The summed E-state index contributed by atoms with van der Waals surface area (Å²) >= 11 is 0. The highest BCUT2D eigenvalue weighted by Gasteiger charge is 2.30. The molecule has 0 amide bonds. The lowest BCUT2D eigenvalue weighted by Gasteiger charge is -2.36. The number of rotatable bonds is 2. The van der Waals surface area contributed by atoms with E-state index in [1.165, 1.54) is 32.1 Å². The van der Waals surface area contributed by atoms with Gasteiger partial charge in [-0.1, -0.05) is 39.0 Å². The van der Waals surface area contributed by atoms with Gasteiger partial charge in [0.15, 0.2) is 0 Å². The fourth-order valence-corrected chi connectivity index (χ4v) is 3.65. The molecule has 0 aromatic rings. The predicted octanol–water partition coefficient (Wildman–Crippen LogP) is 4.73. The number of alkyl halides is 1. The minimum Gasteiger partial charge on any atom is -0.247 e. The van der Waals surface area contributed by atoms with Crippen LogP contribution in [0, 0.1) is 17.8 Å². The molecule has 1 unspecified atom stereocenters. The molecule has 0 heterocycles. The average Bonchev–Trinajstić information content (AvgIpc) is 2.30. The third kappa shape index (κ3) is 2.95. The molecule has 0 aromatic carbocycles. The van der Waals surface area contributed by atoms with Gasteiger partial charge in [0.25, 0.3) is 0 Å². The standard InChI is InChI=1S/C14H25F/c1-11(12-5-3-2-4-6-12)13-7-9-14(15)10-8-13/h11-14H,2-10H2,1H3. The van der Waals surface area contributed by atoms with Crippen molar-refractivity contribution < 1.29 is 4.39 Å². The first-order valence-corrected chi connectivity index (χ1v) is 6.91. The Kier molecular flexibility index (Phi) is 4.05. The zero-order valence-electron chi connectivity index (χ0n) is 10.1. The van der Waals surface area contributed by atoms with E-state index in [9.17, 15) is 4.39 Å². The van der Waals surface area contributed by atoms with Gasteiger partial charge in [0.05, 0.1) is 0 Å². The molecule has 0 saturated heterocycles. The number of halogens is 1. The Bertz CT molecular complexity index is 176. The topological polar surface area (TPSA) is 0 Å². The molecule has 88 valence electrons. The summed E-state index contributed by atoms with van der Waals surface area (Å²) < 4.78 is 13.1. The van der Waals surface area contributed by atoms with Gasteiger partial charge in [-0.3, -0.25) is 0 Å². The van der Waals surface area contributed by atoms with Crippen molar-refractivity contribution in [3.63, 3.8) is 0 Å². The number of hydrogen-bond acceptors (Lipinski definition) is 0. The summed E-state index contributed by atoms with van der Waals surface area (Å²) in [5.41, 5.74) is 0. The molecule has 2 rings (SSSR count). The van der Waals surface area contributed by atoms with E-state index in [-0.39, 0.29) is 0 Å². The summed E-state index contributed by atoms with van der Waals surface area (Å²) in [6, 6.07) is 0. The van der Waals surface area contributed by atoms with Gasteiger partial charge in [0, 0.05) is 0 Å². The third-order valence-corrected chi connectivity index (χ3v) is 4.84. The molecular weight excluding hydrogens is 187 g/mol. The van der Waals surface area contributed by atoms with E-state index >= 15 is 0 Å².